The molecule has 0 fully saturated rings. The predicted molar refractivity (Wildman–Crippen MR) is 125 cm³/mol. The van der Waals surface area contributed by atoms with Crippen molar-refractivity contribution >= 4 is 33.3 Å². The molecule has 0 radical (unpaired) electrons. The summed E-state index contributed by atoms with van der Waals surface area (Å²) in [5.41, 5.74) is 3.65. The lowest BCUT2D eigenvalue weighted by molar-refractivity contribution is -0.116. The first-order valence-electron chi connectivity index (χ1n) is 10.3. The Morgan fingerprint density at radius 2 is 2.16 bits per heavy atom. The van der Waals surface area contributed by atoms with Crippen LogP contribution in [-0.2, 0) is 4.79 Å². The lowest BCUT2D eigenvalue weighted by atomic mass is 9.85. The van der Waals surface area contributed by atoms with E-state index in [0.29, 0.717) is 24.0 Å². The van der Waals surface area contributed by atoms with Gasteiger partial charge in [0, 0.05) is 23.5 Å². The van der Waals surface area contributed by atoms with Crippen molar-refractivity contribution in [3.8, 4) is 16.6 Å². The van der Waals surface area contributed by atoms with Gasteiger partial charge in [0.1, 0.15) is 23.9 Å². The van der Waals surface area contributed by atoms with E-state index in [1.165, 1.54) is 11.3 Å². The number of para-hydroxylation sites is 1. The number of nitrogens with one attached hydrogen (secondary N) is 1. The number of nitrogens with zero attached hydrogens (tertiary/aromatic N) is 3. The standard InChI is InChI=1S/C24H22N4O3S/c1-4-11-31-19-8-6-5-7-16(19)17-13-21(29)26-23-22(17)14(2)27-28(23)24-25-18-10-9-15(30-3)12-20(18)32-24/h4-10,12,17H,1,11,13H2,2-3H3,(H,26,29)/t17-/m1/s1. The Labute approximate surface area is 189 Å². The molecule has 0 unspecified atom stereocenters. The summed E-state index contributed by atoms with van der Waals surface area (Å²) in [5.74, 6) is 1.95. The van der Waals surface area contributed by atoms with Crippen LogP contribution in [0.5, 0.6) is 11.5 Å². The molecule has 0 bridgehead atoms. The molecule has 32 heavy (non-hydrogen) atoms. The Hall–Kier alpha value is -3.65. The molecule has 0 saturated carbocycles. The highest BCUT2D eigenvalue weighted by Gasteiger charge is 2.34. The molecule has 2 aromatic heterocycles. The van der Waals surface area contributed by atoms with Crippen molar-refractivity contribution in [3.05, 3.63) is 71.9 Å². The van der Waals surface area contributed by atoms with Crippen LogP contribution in [0.2, 0.25) is 0 Å². The van der Waals surface area contributed by atoms with Gasteiger partial charge < -0.3 is 14.8 Å². The lowest BCUT2D eigenvalue weighted by Gasteiger charge is -2.25. The van der Waals surface area contributed by atoms with E-state index in [1.54, 1.807) is 17.9 Å². The number of hydrogen-bond acceptors (Lipinski definition) is 6. The highest BCUT2D eigenvalue weighted by molar-refractivity contribution is 7.20. The third-order valence-electron chi connectivity index (χ3n) is 5.52. The van der Waals surface area contributed by atoms with Gasteiger partial charge in [-0.05, 0) is 31.2 Å². The van der Waals surface area contributed by atoms with Crippen LogP contribution in [0.1, 0.15) is 29.2 Å². The second kappa shape index (κ2) is 8.12. The fourth-order valence-corrected chi connectivity index (χ4v) is 5.06. The first-order valence-corrected chi connectivity index (χ1v) is 11.1. The van der Waals surface area contributed by atoms with Gasteiger partial charge >= 0.3 is 0 Å². The Kier molecular flexibility index (Phi) is 5.14. The molecule has 7 nitrogen and oxygen atoms in total. The van der Waals surface area contributed by atoms with Gasteiger partial charge in [-0.3, -0.25) is 4.79 Å². The summed E-state index contributed by atoms with van der Waals surface area (Å²) in [6, 6.07) is 13.6. The minimum atomic E-state index is -0.164. The van der Waals surface area contributed by atoms with Crippen LogP contribution in [0.25, 0.3) is 15.3 Å². The van der Waals surface area contributed by atoms with E-state index < -0.39 is 0 Å². The maximum Gasteiger partial charge on any atom is 0.226 e. The number of benzene rings is 2. The molecule has 1 aliphatic heterocycles. The third kappa shape index (κ3) is 3.42. The molecular weight excluding hydrogens is 424 g/mol. The fourth-order valence-electron chi connectivity index (χ4n) is 4.11. The van der Waals surface area contributed by atoms with E-state index in [9.17, 15) is 4.79 Å². The predicted octanol–water partition coefficient (Wildman–Crippen LogP) is 4.84. The SMILES string of the molecule is C=CCOc1ccccc1[C@H]1CC(=O)Nc2c1c(C)nn2-c1nc2ccc(OC)cc2s1. The summed E-state index contributed by atoms with van der Waals surface area (Å²) in [4.78, 5) is 17.5. The number of amides is 1. The zero-order chi connectivity index (χ0) is 22.2. The largest absolute Gasteiger partial charge is 0.497 e. The van der Waals surface area contributed by atoms with Crippen molar-refractivity contribution in [2.24, 2.45) is 0 Å². The maximum absolute atomic E-state index is 12.7. The Morgan fingerprint density at radius 1 is 1.31 bits per heavy atom. The molecule has 1 aliphatic rings. The second-order valence-corrected chi connectivity index (χ2v) is 8.54. The minimum absolute atomic E-state index is 0.0649. The summed E-state index contributed by atoms with van der Waals surface area (Å²) in [6.45, 7) is 6.09. The van der Waals surface area contributed by atoms with Gasteiger partial charge in [-0.1, -0.05) is 42.2 Å². The zero-order valence-corrected chi connectivity index (χ0v) is 18.6. The molecule has 162 valence electrons. The van der Waals surface area contributed by atoms with Crippen molar-refractivity contribution in [1.82, 2.24) is 14.8 Å². The molecule has 2 aromatic carbocycles. The Bertz CT molecular complexity index is 1340. The molecule has 0 saturated heterocycles. The van der Waals surface area contributed by atoms with Crippen LogP contribution in [-0.4, -0.2) is 34.4 Å². The molecule has 1 amide bonds. The number of aryl methyl sites for hydroxylation is 1. The average Bonchev–Trinajstić information content (AvgIpc) is 3.37. The van der Waals surface area contributed by atoms with Gasteiger partial charge in [-0.2, -0.15) is 9.78 Å². The third-order valence-corrected chi connectivity index (χ3v) is 6.51. The van der Waals surface area contributed by atoms with Crippen molar-refractivity contribution in [3.63, 3.8) is 0 Å². The highest BCUT2D eigenvalue weighted by Crippen LogP contribution is 2.43. The van der Waals surface area contributed by atoms with Gasteiger partial charge in [-0.15, -0.1) is 0 Å². The summed E-state index contributed by atoms with van der Waals surface area (Å²) in [5, 5.41) is 8.48. The van der Waals surface area contributed by atoms with Crippen LogP contribution in [0.3, 0.4) is 0 Å². The zero-order valence-electron chi connectivity index (χ0n) is 17.8. The molecule has 0 spiro atoms. The fraction of sp³-hybridized carbons (Fsp3) is 0.208. The van der Waals surface area contributed by atoms with Gasteiger partial charge in [0.05, 0.1) is 23.0 Å². The number of methoxy groups -OCH3 is 1. The molecule has 4 aromatic rings. The van der Waals surface area contributed by atoms with E-state index in [-0.39, 0.29) is 11.8 Å². The molecule has 1 N–H and O–H groups in total. The number of ether oxygens (including phenoxy) is 2. The van der Waals surface area contributed by atoms with E-state index in [1.807, 2.05) is 49.4 Å². The van der Waals surface area contributed by atoms with Crippen LogP contribution in [0, 0.1) is 6.92 Å². The summed E-state index contributed by atoms with van der Waals surface area (Å²) < 4.78 is 13.9. The van der Waals surface area contributed by atoms with Crippen molar-refractivity contribution in [2.45, 2.75) is 19.3 Å². The van der Waals surface area contributed by atoms with Crippen LogP contribution >= 0.6 is 11.3 Å². The molecular formula is C24H22N4O3S. The highest BCUT2D eigenvalue weighted by atomic mass is 32.1. The number of rotatable bonds is 6. The summed E-state index contributed by atoms with van der Waals surface area (Å²) >= 11 is 1.50. The molecule has 0 aliphatic carbocycles. The number of hydrogen-bond donors (Lipinski definition) is 1. The first-order chi connectivity index (χ1) is 15.6. The summed E-state index contributed by atoms with van der Waals surface area (Å²) in [7, 11) is 1.64. The number of anilines is 1. The minimum Gasteiger partial charge on any atom is -0.497 e. The van der Waals surface area contributed by atoms with Gasteiger partial charge in [0.15, 0.2) is 0 Å². The van der Waals surface area contributed by atoms with Gasteiger partial charge in [0.25, 0.3) is 0 Å². The molecule has 8 heteroatoms. The van der Waals surface area contributed by atoms with E-state index >= 15 is 0 Å². The number of fused-ring (bicyclic) bond motifs is 2. The quantitative estimate of drug-likeness (QED) is 0.429. The van der Waals surface area contributed by atoms with Crippen molar-refractivity contribution in [2.75, 3.05) is 19.0 Å². The molecule has 5 rings (SSSR count). The maximum atomic E-state index is 12.7. The van der Waals surface area contributed by atoms with E-state index in [4.69, 9.17) is 19.6 Å². The number of aromatic nitrogens is 3. The number of thiazole rings is 1. The van der Waals surface area contributed by atoms with Gasteiger partial charge in [-0.25, -0.2) is 4.98 Å². The van der Waals surface area contributed by atoms with Crippen molar-refractivity contribution in [1.29, 1.82) is 0 Å². The van der Waals surface area contributed by atoms with Crippen molar-refractivity contribution < 1.29 is 14.3 Å². The Morgan fingerprint density at radius 3 is 2.97 bits per heavy atom. The second-order valence-electron chi connectivity index (χ2n) is 7.53. The molecule has 1 atom stereocenters. The average molecular weight is 447 g/mol. The summed E-state index contributed by atoms with van der Waals surface area (Å²) in [6.07, 6.45) is 2.03. The van der Waals surface area contributed by atoms with Crippen LogP contribution in [0.15, 0.2) is 55.1 Å². The number of carbonyl (C=O) groups is 1. The number of carbonyl (C=O) groups excluding carboxylic acids is 1. The van der Waals surface area contributed by atoms with Gasteiger partial charge in [0.2, 0.25) is 11.0 Å². The molecule has 3 heterocycles. The first kappa shape index (κ1) is 20.3. The van der Waals surface area contributed by atoms with E-state index in [2.05, 4.69) is 11.9 Å². The Balaban J connectivity index is 1.63. The normalized spacial score (nSPS) is 15.3. The van der Waals surface area contributed by atoms with Crippen LogP contribution < -0.4 is 14.8 Å². The van der Waals surface area contributed by atoms with Crippen LogP contribution in [0.4, 0.5) is 5.82 Å². The topological polar surface area (TPSA) is 78.3 Å². The monoisotopic (exact) mass is 446 g/mol. The lowest BCUT2D eigenvalue weighted by Crippen LogP contribution is -2.25. The van der Waals surface area contributed by atoms with E-state index in [0.717, 1.165) is 38.5 Å². The smallest absolute Gasteiger partial charge is 0.226 e.